The number of hydrogen-bond acceptors (Lipinski definition) is 2. The maximum atomic E-state index is 13.4. The van der Waals surface area contributed by atoms with Gasteiger partial charge in [0.15, 0.2) is 5.82 Å². The molecule has 0 spiro atoms. The summed E-state index contributed by atoms with van der Waals surface area (Å²) in [5, 5.41) is 8.69. The molecule has 80 valence electrons. The second-order valence-electron chi connectivity index (χ2n) is 3.17. The van der Waals surface area contributed by atoms with Gasteiger partial charge in [-0.3, -0.25) is 0 Å². The first-order chi connectivity index (χ1) is 6.99. The van der Waals surface area contributed by atoms with Gasteiger partial charge in [0.2, 0.25) is 0 Å². The van der Waals surface area contributed by atoms with Crippen LogP contribution >= 0.6 is 0 Å². The molecule has 0 N–H and O–H groups in total. The molecule has 1 rings (SSSR count). The standard InChI is InChI=1S/C10H9F3N2/c1-15(2)8-4-3-6(10(12)13)9(11)7(8)5-14/h3-4,10H,1-2H3. The lowest BCUT2D eigenvalue weighted by atomic mass is 10.1. The highest BCUT2D eigenvalue weighted by molar-refractivity contribution is 5.60. The van der Waals surface area contributed by atoms with Gasteiger partial charge in [-0.05, 0) is 12.1 Å². The van der Waals surface area contributed by atoms with Crippen molar-refractivity contribution >= 4 is 5.69 Å². The number of benzene rings is 1. The lowest BCUT2D eigenvalue weighted by molar-refractivity contribution is 0.146. The average Bonchev–Trinajstić information content (AvgIpc) is 2.16. The molecule has 0 aliphatic heterocycles. The van der Waals surface area contributed by atoms with E-state index in [2.05, 4.69) is 0 Å². The first-order valence-electron chi connectivity index (χ1n) is 4.17. The number of nitrogens with zero attached hydrogens (tertiary/aromatic N) is 2. The molecule has 1 aromatic carbocycles. The summed E-state index contributed by atoms with van der Waals surface area (Å²) in [6.07, 6.45) is -2.91. The molecule has 0 saturated heterocycles. The predicted octanol–water partition coefficient (Wildman–Crippen LogP) is 2.70. The Balaban J connectivity index is 3.41. The fraction of sp³-hybridized carbons (Fsp3) is 0.300. The van der Waals surface area contributed by atoms with Gasteiger partial charge in [0.1, 0.15) is 11.6 Å². The Morgan fingerprint density at radius 2 is 1.93 bits per heavy atom. The van der Waals surface area contributed by atoms with Crippen LogP contribution in [0.15, 0.2) is 12.1 Å². The number of halogens is 3. The van der Waals surface area contributed by atoms with Gasteiger partial charge in [-0.25, -0.2) is 13.2 Å². The zero-order valence-corrected chi connectivity index (χ0v) is 8.26. The lowest BCUT2D eigenvalue weighted by Gasteiger charge is -2.15. The highest BCUT2D eigenvalue weighted by Crippen LogP contribution is 2.29. The van der Waals surface area contributed by atoms with Crippen LogP contribution in [0.3, 0.4) is 0 Å². The van der Waals surface area contributed by atoms with Crippen molar-refractivity contribution in [3.63, 3.8) is 0 Å². The van der Waals surface area contributed by atoms with E-state index in [4.69, 9.17) is 5.26 Å². The van der Waals surface area contributed by atoms with E-state index < -0.39 is 17.8 Å². The summed E-state index contributed by atoms with van der Waals surface area (Å²) >= 11 is 0. The van der Waals surface area contributed by atoms with Gasteiger partial charge < -0.3 is 4.90 Å². The summed E-state index contributed by atoms with van der Waals surface area (Å²) in [5.74, 6) is -1.14. The molecule has 5 heteroatoms. The van der Waals surface area contributed by atoms with Crippen molar-refractivity contribution in [3.8, 4) is 6.07 Å². The van der Waals surface area contributed by atoms with Crippen LogP contribution in [0, 0.1) is 17.1 Å². The lowest BCUT2D eigenvalue weighted by Crippen LogP contribution is -2.12. The zero-order valence-electron chi connectivity index (χ0n) is 8.26. The third-order valence-electron chi connectivity index (χ3n) is 1.98. The molecule has 0 radical (unpaired) electrons. The van der Waals surface area contributed by atoms with Crippen LogP contribution < -0.4 is 4.90 Å². The molecule has 0 saturated carbocycles. The molecule has 15 heavy (non-hydrogen) atoms. The molecule has 0 unspecified atom stereocenters. The van der Waals surface area contributed by atoms with Crippen molar-refractivity contribution in [2.45, 2.75) is 6.43 Å². The van der Waals surface area contributed by atoms with Crippen LogP contribution in [0.5, 0.6) is 0 Å². The van der Waals surface area contributed by atoms with Crippen LogP contribution in [0.1, 0.15) is 17.6 Å². The molecule has 0 amide bonds. The number of alkyl halides is 2. The maximum Gasteiger partial charge on any atom is 0.266 e. The Hall–Kier alpha value is -1.70. The minimum absolute atomic E-state index is 0.291. The van der Waals surface area contributed by atoms with Crippen molar-refractivity contribution in [2.24, 2.45) is 0 Å². The van der Waals surface area contributed by atoms with Crippen molar-refractivity contribution in [1.82, 2.24) is 0 Å². The van der Waals surface area contributed by atoms with E-state index in [-0.39, 0.29) is 5.56 Å². The predicted molar refractivity (Wildman–Crippen MR) is 50.4 cm³/mol. The third kappa shape index (κ3) is 2.04. The van der Waals surface area contributed by atoms with Crippen LogP contribution in [0.25, 0.3) is 0 Å². The topological polar surface area (TPSA) is 27.0 Å². The van der Waals surface area contributed by atoms with E-state index in [0.717, 1.165) is 6.07 Å². The van der Waals surface area contributed by atoms with Crippen molar-refractivity contribution in [2.75, 3.05) is 19.0 Å². The molecule has 0 fully saturated rings. The first kappa shape index (κ1) is 11.4. The second kappa shape index (κ2) is 4.22. The van der Waals surface area contributed by atoms with Gasteiger partial charge >= 0.3 is 0 Å². The smallest absolute Gasteiger partial charge is 0.266 e. The van der Waals surface area contributed by atoms with Crippen molar-refractivity contribution < 1.29 is 13.2 Å². The van der Waals surface area contributed by atoms with Crippen LogP contribution in [0.4, 0.5) is 18.9 Å². The Morgan fingerprint density at radius 1 is 1.33 bits per heavy atom. The number of nitriles is 1. The number of anilines is 1. The largest absolute Gasteiger partial charge is 0.377 e. The second-order valence-corrected chi connectivity index (χ2v) is 3.17. The van der Waals surface area contributed by atoms with E-state index in [0.29, 0.717) is 5.69 Å². The van der Waals surface area contributed by atoms with Gasteiger partial charge in [0, 0.05) is 14.1 Å². The summed E-state index contributed by atoms with van der Waals surface area (Å²) in [6.45, 7) is 0. The molecular formula is C10H9F3N2. The van der Waals surface area contributed by atoms with Gasteiger partial charge in [-0.15, -0.1) is 0 Å². The van der Waals surface area contributed by atoms with E-state index in [9.17, 15) is 13.2 Å². The quantitative estimate of drug-likeness (QED) is 0.756. The van der Waals surface area contributed by atoms with Gasteiger partial charge in [0.05, 0.1) is 11.3 Å². The third-order valence-corrected chi connectivity index (χ3v) is 1.98. The molecule has 0 bridgehead atoms. The summed E-state index contributed by atoms with van der Waals surface area (Å²) in [7, 11) is 3.22. The number of hydrogen-bond donors (Lipinski definition) is 0. The average molecular weight is 214 g/mol. The molecule has 2 nitrogen and oxygen atoms in total. The van der Waals surface area contributed by atoms with Crippen molar-refractivity contribution in [1.29, 1.82) is 5.26 Å². The Bertz CT molecular complexity index is 408. The van der Waals surface area contributed by atoms with E-state index in [1.54, 1.807) is 20.2 Å². The van der Waals surface area contributed by atoms with E-state index in [1.165, 1.54) is 11.0 Å². The van der Waals surface area contributed by atoms with Gasteiger partial charge in [-0.1, -0.05) is 0 Å². The monoisotopic (exact) mass is 214 g/mol. The molecule has 0 atom stereocenters. The molecule has 0 heterocycles. The van der Waals surface area contributed by atoms with E-state index >= 15 is 0 Å². The van der Waals surface area contributed by atoms with Crippen LogP contribution in [-0.4, -0.2) is 14.1 Å². The molecular weight excluding hydrogens is 205 g/mol. The van der Waals surface area contributed by atoms with Gasteiger partial charge in [0.25, 0.3) is 6.43 Å². The molecule has 0 aliphatic carbocycles. The summed E-state index contributed by atoms with van der Waals surface area (Å²) in [5.41, 5.74) is -0.797. The Labute approximate surface area is 85.5 Å². The maximum absolute atomic E-state index is 13.4. The first-order valence-corrected chi connectivity index (χ1v) is 4.17. The fourth-order valence-corrected chi connectivity index (χ4v) is 1.23. The van der Waals surface area contributed by atoms with Crippen LogP contribution in [-0.2, 0) is 0 Å². The molecule has 0 aliphatic rings. The minimum Gasteiger partial charge on any atom is -0.377 e. The normalized spacial score (nSPS) is 10.2. The fourth-order valence-electron chi connectivity index (χ4n) is 1.23. The highest BCUT2D eigenvalue weighted by Gasteiger charge is 2.19. The summed E-state index contributed by atoms with van der Waals surface area (Å²) < 4.78 is 38.0. The Kier molecular flexibility index (Phi) is 3.20. The molecule has 1 aromatic rings. The summed E-state index contributed by atoms with van der Waals surface area (Å²) in [4.78, 5) is 1.50. The Morgan fingerprint density at radius 3 is 2.33 bits per heavy atom. The summed E-state index contributed by atoms with van der Waals surface area (Å²) in [6, 6.07) is 3.90. The zero-order chi connectivity index (χ0) is 11.6. The minimum atomic E-state index is -2.91. The molecule has 0 aromatic heterocycles. The van der Waals surface area contributed by atoms with Crippen LogP contribution in [0.2, 0.25) is 0 Å². The highest BCUT2D eigenvalue weighted by atomic mass is 19.3. The SMILES string of the molecule is CN(C)c1ccc(C(F)F)c(F)c1C#N. The van der Waals surface area contributed by atoms with Gasteiger partial charge in [-0.2, -0.15) is 5.26 Å². The number of rotatable bonds is 2. The van der Waals surface area contributed by atoms with E-state index in [1.807, 2.05) is 0 Å². The van der Waals surface area contributed by atoms with Crippen molar-refractivity contribution in [3.05, 3.63) is 29.1 Å².